The Morgan fingerprint density at radius 3 is 2.22 bits per heavy atom. The maximum atomic E-state index is 14.3. The Labute approximate surface area is 230 Å². The first-order chi connectivity index (χ1) is 19.3. The number of nitrogens with zero attached hydrogens (tertiary/aromatic N) is 5. The summed E-state index contributed by atoms with van der Waals surface area (Å²) in [7, 11) is 5.93. The minimum absolute atomic E-state index is 0.345. The van der Waals surface area contributed by atoms with E-state index in [2.05, 4.69) is 15.1 Å². The second kappa shape index (κ2) is 11.6. The first kappa shape index (κ1) is 29.5. The van der Waals surface area contributed by atoms with Gasteiger partial charge in [-0.3, -0.25) is 0 Å². The summed E-state index contributed by atoms with van der Waals surface area (Å²) in [6.07, 6.45) is 0.555. The van der Waals surface area contributed by atoms with Crippen molar-refractivity contribution in [2.45, 2.75) is 25.6 Å². The SMILES string of the molecule is CN(C)CCCCn1cc(-n2c(-c3cn(C)c4ccc(F)cc34)n[nH]c2=O)c2cc(F)ccc21.O=C(O)C(F)(F)F. The van der Waals surface area contributed by atoms with Gasteiger partial charge in [-0.25, -0.2) is 28.0 Å². The number of nitrogens with one attached hydrogen (secondary N) is 1. The van der Waals surface area contributed by atoms with Gasteiger partial charge in [0.05, 0.1) is 11.2 Å². The molecular weight excluding hydrogens is 551 g/mol. The van der Waals surface area contributed by atoms with E-state index in [0.29, 0.717) is 27.8 Å². The number of H-pyrrole nitrogens is 1. The lowest BCUT2D eigenvalue weighted by molar-refractivity contribution is -0.192. The molecule has 0 saturated carbocycles. The third kappa shape index (κ3) is 6.32. The molecule has 0 bridgehead atoms. The summed E-state index contributed by atoms with van der Waals surface area (Å²) in [5, 5.41) is 15.2. The number of aryl methyl sites for hydroxylation is 2. The van der Waals surface area contributed by atoms with Crippen LogP contribution in [0.25, 0.3) is 38.9 Å². The maximum absolute atomic E-state index is 14.3. The van der Waals surface area contributed by atoms with Crippen molar-refractivity contribution in [2.24, 2.45) is 7.05 Å². The number of carboxylic acid groups (broad SMARTS) is 1. The Bertz CT molecular complexity index is 1760. The van der Waals surface area contributed by atoms with Crippen molar-refractivity contribution in [1.82, 2.24) is 28.8 Å². The molecule has 0 saturated heterocycles. The molecule has 0 aliphatic carbocycles. The van der Waals surface area contributed by atoms with E-state index >= 15 is 0 Å². The van der Waals surface area contributed by atoms with Crippen LogP contribution in [-0.4, -0.2) is 66.7 Å². The Morgan fingerprint density at radius 1 is 1.00 bits per heavy atom. The smallest absolute Gasteiger partial charge is 0.475 e. The van der Waals surface area contributed by atoms with E-state index < -0.39 is 17.8 Å². The van der Waals surface area contributed by atoms with Gasteiger partial charge in [-0.2, -0.15) is 18.3 Å². The van der Waals surface area contributed by atoms with Crippen LogP contribution in [0.2, 0.25) is 0 Å². The summed E-state index contributed by atoms with van der Waals surface area (Å²) < 4.78 is 65.4. The fraction of sp³-hybridized carbons (Fsp3) is 0.296. The molecule has 9 nitrogen and oxygen atoms in total. The second-order valence-corrected chi connectivity index (χ2v) is 9.69. The van der Waals surface area contributed by atoms with Gasteiger partial charge in [-0.05, 0) is 69.9 Å². The summed E-state index contributed by atoms with van der Waals surface area (Å²) in [5.41, 5.74) is 2.35. The highest BCUT2D eigenvalue weighted by molar-refractivity contribution is 5.96. The van der Waals surface area contributed by atoms with Crippen LogP contribution in [0.4, 0.5) is 22.0 Å². The van der Waals surface area contributed by atoms with Crippen LogP contribution in [-0.2, 0) is 18.4 Å². The zero-order valence-corrected chi connectivity index (χ0v) is 22.3. The minimum atomic E-state index is -5.08. The van der Waals surface area contributed by atoms with Gasteiger partial charge in [0, 0.05) is 47.8 Å². The maximum Gasteiger partial charge on any atom is 0.490 e. The third-order valence-corrected chi connectivity index (χ3v) is 6.42. The van der Waals surface area contributed by atoms with Crippen LogP contribution >= 0.6 is 0 Å². The number of hydrogen-bond donors (Lipinski definition) is 2. The molecule has 3 aromatic heterocycles. The van der Waals surface area contributed by atoms with Crippen molar-refractivity contribution in [2.75, 3.05) is 20.6 Å². The van der Waals surface area contributed by atoms with Gasteiger partial charge < -0.3 is 19.1 Å². The van der Waals surface area contributed by atoms with Crippen molar-refractivity contribution in [3.8, 4) is 17.1 Å². The number of alkyl halides is 3. The number of halogens is 5. The number of fused-ring (bicyclic) bond motifs is 2. The number of aromatic amines is 1. The molecule has 0 amide bonds. The predicted octanol–water partition coefficient (Wildman–Crippen LogP) is 4.93. The lowest BCUT2D eigenvalue weighted by atomic mass is 10.1. The Kier molecular flexibility index (Phi) is 8.33. The molecule has 5 rings (SSSR count). The molecule has 2 N–H and O–H groups in total. The molecule has 0 radical (unpaired) electrons. The molecule has 3 heterocycles. The highest BCUT2D eigenvalue weighted by atomic mass is 19.4. The molecule has 41 heavy (non-hydrogen) atoms. The van der Waals surface area contributed by atoms with Gasteiger partial charge in [0.25, 0.3) is 0 Å². The fourth-order valence-corrected chi connectivity index (χ4v) is 4.57. The number of aliphatic carboxylic acids is 1. The third-order valence-electron chi connectivity index (χ3n) is 6.42. The topological polar surface area (TPSA) is 101 Å². The van der Waals surface area contributed by atoms with Crippen LogP contribution in [0.3, 0.4) is 0 Å². The lowest BCUT2D eigenvalue weighted by Crippen LogP contribution is -2.21. The van der Waals surface area contributed by atoms with Gasteiger partial charge in [0.1, 0.15) is 11.6 Å². The Balaban J connectivity index is 0.000000493. The zero-order valence-electron chi connectivity index (χ0n) is 22.3. The van der Waals surface area contributed by atoms with Crippen LogP contribution in [0.5, 0.6) is 0 Å². The summed E-state index contributed by atoms with van der Waals surface area (Å²) in [5.74, 6) is -3.17. The molecule has 218 valence electrons. The summed E-state index contributed by atoms with van der Waals surface area (Å²) in [6, 6.07) is 9.12. The number of aromatic nitrogens is 5. The van der Waals surface area contributed by atoms with Crippen LogP contribution in [0, 0.1) is 11.6 Å². The van der Waals surface area contributed by atoms with Crippen molar-refractivity contribution in [1.29, 1.82) is 0 Å². The van der Waals surface area contributed by atoms with Crippen LogP contribution < -0.4 is 5.69 Å². The van der Waals surface area contributed by atoms with Crippen molar-refractivity contribution in [3.63, 3.8) is 0 Å². The van der Waals surface area contributed by atoms with Gasteiger partial charge in [0.2, 0.25) is 0 Å². The second-order valence-electron chi connectivity index (χ2n) is 9.69. The van der Waals surface area contributed by atoms with E-state index in [4.69, 9.17) is 9.90 Å². The molecule has 0 aliphatic rings. The largest absolute Gasteiger partial charge is 0.490 e. The summed E-state index contributed by atoms with van der Waals surface area (Å²) in [6.45, 7) is 1.71. The molecule has 0 unspecified atom stereocenters. The van der Waals surface area contributed by atoms with Crippen molar-refractivity contribution in [3.05, 3.63) is 70.9 Å². The first-order valence-electron chi connectivity index (χ1n) is 12.4. The van der Waals surface area contributed by atoms with E-state index in [9.17, 15) is 26.7 Å². The van der Waals surface area contributed by atoms with E-state index in [1.54, 1.807) is 12.1 Å². The van der Waals surface area contributed by atoms with E-state index in [0.717, 1.165) is 37.0 Å². The van der Waals surface area contributed by atoms with Crippen molar-refractivity contribution < 1.29 is 31.9 Å². The standard InChI is InChI=1S/C25H26F2N6O.C2HF3O2/c1-30(2)10-4-5-11-32-15-23(19-13-17(27)7-9-22(19)32)33-24(28-29-25(33)34)20-14-31(3)21-8-6-16(26)12-18(20)21;3-2(4,5)1(6)7/h6-9,12-15H,4-5,10-11H2,1-3H3,(H,29,34);(H,6,7). The molecular formula is C27H27F5N6O3. The fourth-order valence-electron chi connectivity index (χ4n) is 4.57. The molecule has 0 fully saturated rings. The number of hydrogen-bond acceptors (Lipinski definition) is 4. The minimum Gasteiger partial charge on any atom is -0.475 e. The van der Waals surface area contributed by atoms with Crippen LogP contribution in [0.1, 0.15) is 12.8 Å². The molecule has 0 spiro atoms. The lowest BCUT2D eigenvalue weighted by Gasteiger charge is -2.09. The number of unbranched alkanes of at least 4 members (excludes halogenated alkanes) is 1. The van der Waals surface area contributed by atoms with Gasteiger partial charge in [-0.15, -0.1) is 0 Å². The molecule has 14 heteroatoms. The molecule has 2 aromatic carbocycles. The van der Waals surface area contributed by atoms with E-state index in [-0.39, 0.29) is 11.6 Å². The number of carbonyl (C=O) groups is 1. The van der Waals surface area contributed by atoms with E-state index in [1.807, 2.05) is 42.7 Å². The zero-order chi connectivity index (χ0) is 30.1. The van der Waals surface area contributed by atoms with Gasteiger partial charge >= 0.3 is 17.8 Å². The summed E-state index contributed by atoms with van der Waals surface area (Å²) >= 11 is 0. The summed E-state index contributed by atoms with van der Waals surface area (Å²) in [4.78, 5) is 24.0. The van der Waals surface area contributed by atoms with Crippen LogP contribution in [0.15, 0.2) is 53.6 Å². The molecule has 0 atom stereocenters. The molecule has 0 aliphatic heterocycles. The number of rotatable bonds is 7. The average molecular weight is 579 g/mol. The van der Waals surface area contributed by atoms with E-state index in [1.165, 1.54) is 28.8 Å². The molecule has 5 aromatic rings. The Morgan fingerprint density at radius 2 is 1.61 bits per heavy atom. The van der Waals surface area contributed by atoms with Crippen molar-refractivity contribution >= 4 is 27.8 Å². The van der Waals surface area contributed by atoms with Gasteiger partial charge in [0.15, 0.2) is 5.82 Å². The quantitative estimate of drug-likeness (QED) is 0.211. The highest BCUT2D eigenvalue weighted by Gasteiger charge is 2.38. The normalized spacial score (nSPS) is 11.8. The monoisotopic (exact) mass is 578 g/mol. The van der Waals surface area contributed by atoms with Gasteiger partial charge in [-0.1, -0.05) is 0 Å². The Hall–Kier alpha value is -4.46. The number of carboxylic acids is 1. The highest BCUT2D eigenvalue weighted by Crippen LogP contribution is 2.33. The predicted molar refractivity (Wildman–Crippen MR) is 143 cm³/mol. The number of benzene rings is 2. The first-order valence-corrected chi connectivity index (χ1v) is 12.4. The average Bonchev–Trinajstić information content (AvgIpc) is 3.53.